The zero-order chi connectivity index (χ0) is 18.0. The van der Waals surface area contributed by atoms with Crippen molar-refractivity contribution in [3.63, 3.8) is 0 Å². The number of hydrogen-bond donors (Lipinski definition) is 1. The van der Waals surface area contributed by atoms with Crippen LogP contribution in [0.4, 0.5) is 4.79 Å². The molecule has 1 unspecified atom stereocenters. The van der Waals surface area contributed by atoms with Gasteiger partial charge >= 0.3 is 6.09 Å². The molecule has 7 heteroatoms. The van der Waals surface area contributed by atoms with Crippen LogP contribution in [-0.2, 0) is 4.74 Å². The van der Waals surface area contributed by atoms with Crippen LogP contribution in [0.2, 0.25) is 0 Å². The summed E-state index contributed by atoms with van der Waals surface area (Å²) in [5, 5.41) is 3.48. The normalized spacial score (nSPS) is 20.6. The summed E-state index contributed by atoms with van der Waals surface area (Å²) in [6.07, 6.45) is 2.13. The summed E-state index contributed by atoms with van der Waals surface area (Å²) >= 11 is 0. The number of carbonyl (C=O) groups is 1. The van der Waals surface area contributed by atoms with Crippen molar-refractivity contribution in [1.82, 2.24) is 15.1 Å². The number of carbonyl (C=O) groups excluding carboxylic acids is 1. The lowest BCUT2D eigenvalue weighted by Crippen LogP contribution is -2.57. The van der Waals surface area contributed by atoms with E-state index in [2.05, 4.69) is 36.0 Å². The van der Waals surface area contributed by atoms with E-state index in [1.165, 1.54) is 6.42 Å². The zero-order valence-corrected chi connectivity index (χ0v) is 18.9. The van der Waals surface area contributed by atoms with Crippen LogP contribution in [0.3, 0.4) is 0 Å². The van der Waals surface area contributed by atoms with Crippen molar-refractivity contribution in [2.75, 3.05) is 32.7 Å². The second-order valence-electron chi connectivity index (χ2n) is 9.03. The Kier molecular flexibility index (Phi) is 7.83. The monoisotopic (exact) mass is 466 g/mol. The first-order chi connectivity index (χ1) is 11.1. The molecular weight excluding hydrogens is 431 g/mol. The SMILES string of the molecule is CC(C)(C)CCCNC1=NCC2CN(C(=O)OC(C)(C)C)CCN12.I. The number of halogens is 1. The van der Waals surface area contributed by atoms with Crippen molar-refractivity contribution in [1.29, 1.82) is 0 Å². The molecule has 6 nitrogen and oxygen atoms in total. The quantitative estimate of drug-likeness (QED) is 0.512. The molecule has 1 N–H and O–H groups in total. The third-order valence-electron chi connectivity index (χ3n) is 4.24. The highest BCUT2D eigenvalue weighted by molar-refractivity contribution is 14.0. The maximum atomic E-state index is 12.2. The Balaban J connectivity index is 0.00000312. The van der Waals surface area contributed by atoms with Gasteiger partial charge in [0.15, 0.2) is 5.96 Å². The van der Waals surface area contributed by atoms with Gasteiger partial charge in [-0.2, -0.15) is 0 Å². The Hall–Kier alpha value is -0.730. The second kappa shape index (κ2) is 8.77. The Labute approximate surface area is 169 Å². The Morgan fingerprint density at radius 1 is 1.24 bits per heavy atom. The lowest BCUT2D eigenvalue weighted by atomic mass is 9.91. The fourth-order valence-corrected chi connectivity index (χ4v) is 3.04. The van der Waals surface area contributed by atoms with Gasteiger partial charge in [0.2, 0.25) is 0 Å². The summed E-state index contributed by atoms with van der Waals surface area (Å²) in [4.78, 5) is 21.0. The van der Waals surface area contributed by atoms with Crippen LogP contribution in [0.25, 0.3) is 0 Å². The largest absolute Gasteiger partial charge is 0.444 e. The summed E-state index contributed by atoms with van der Waals surface area (Å²) in [7, 11) is 0. The number of fused-ring (bicyclic) bond motifs is 1. The zero-order valence-electron chi connectivity index (χ0n) is 16.6. The summed E-state index contributed by atoms with van der Waals surface area (Å²) < 4.78 is 5.48. The predicted octanol–water partition coefficient (Wildman–Crippen LogP) is 3.31. The molecule has 1 fully saturated rings. The van der Waals surface area contributed by atoms with Crippen molar-refractivity contribution in [2.24, 2.45) is 10.4 Å². The molecule has 0 aliphatic carbocycles. The molecule has 2 heterocycles. The number of amides is 1. The maximum absolute atomic E-state index is 12.2. The van der Waals surface area contributed by atoms with E-state index in [0.29, 0.717) is 18.5 Å². The Bertz CT molecular complexity index is 482. The molecule has 1 saturated heterocycles. The number of piperazine rings is 1. The van der Waals surface area contributed by atoms with Gasteiger partial charge in [0.1, 0.15) is 5.60 Å². The van der Waals surface area contributed by atoms with Gasteiger partial charge in [0.05, 0.1) is 12.6 Å². The maximum Gasteiger partial charge on any atom is 0.410 e. The van der Waals surface area contributed by atoms with Crippen molar-refractivity contribution in [2.45, 2.75) is 66.0 Å². The lowest BCUT2D eigenvalue weighted by molar-refractivity contribution is 0.0137. The summed E-state index contributed by atoms with van der Waals surface area (Å²) in [5.41, 5.74) is -0.0685. The van der Waals surface area contributed by atoms with Crippen molar-refractivity contribution in [3.05, 3.63) is 0 Å². The molecule has 1 atom stereocenters. The molecule has 2 aliphatic rings. The van der Waals surface area contributed by atoms with Crippen molar-refractivity contribution in [3.8, 4) is 0 Å². The van der Waals surface area contributed by atoms with Crippen LogP contribution < -0.4 is 5.32 Å². The van der Waals surface area contributed by atoms with Crippen molar-refractivity contribution >= 4 is 36.0 Å². The van der Waals surface area contributed by atoms with E-state index in [1.807, 2.05) is 25.7 Å². The average Bonchev–Trinajstić information content (AvgIpc) is 2.83. The topological polar surface area (TPSA) is 57.2 Å². The van der Waals surface area contributed by atoms with Gasteiger partial charge in [-0.05, 0) is 39.0 Å². The molecule has 2 aliphatic heterocycles. The number of nitrogens with one attached hydrogen (secondary N) is 1. The van der Waals surface area contributed by atoms with Crippen LogP contribution in [0, 0.1) is 5.41 Å². The Morgan fingerprint density at radius 2 is 1.92 bits per heavy atom. The molecule has 25 heavy (non-hydrogen) atoms. The molecule has 146 valence electrons. The van der Waals surface area contributed by atoms with Gasteiger partial charge in [0, 0.05) is 26.2 Å². The van der Waals surface area contributed by atoms with Gasteiger partial charge in [-0.25, -0.2) is 4.79 Å². The van der Waals surface area contributed by atoms with Crippen LogP contribution in [-0.4, -0.2) is 66.2 Å². The highest BCUT2D eigenvalue weighted by Crippen LogP contribution is 2.21. The van der Waals surface area contributed by atoms with E-state index in [0.717, 1.165) is 32.0 Å². The smallest absolute Gasteiger partial charge is 0.410 e. The lowest BCUT2D eigenvalue weighted by Gasteiger charge is -2.39. The third kappa shape index (κ3) is 7.19. The molecular formula is C18H35IN4O2. The minimum atomic E-state index is -0.444. The molecule has 0 saturated carbocycles. The summed E-state index contributed by atoms with van der Waals surface area (Å²) in [5.74, 6) is 0.998. The van der Waals surface area contributed by atoms with E-state index >= 15 is 0 Å². The molecule has 1 amide bonds. The second-order valence-corrected chi connectivity index (χ2v) is 9.03. The van der Waals surface area contributed by atoms with Gasteiger partial charge in [-0.15, -0.1) is 24.0 Å². The van der Waals surface area contributed by atoms with Crippen LogP contribution in [0.1, 0.15) is 54.4 Å². The molecule has 0 bridgehead atoms. The van der Waals surface area contributed by atoms with E-state index in [1.54, 1.807) is 0 Å². The van der Waals surface area contributed by atoms with E-state index < -0.39 is 5.60 Å². The predicted molar refractivity (Wildman–Crippen MR) is 113 cm³/mol. The first kappa shape index (κ1) is 22.3. The standard InChI is InChI=1S/C18H34N4O2.HI/c1-17(2,3)8-7-9-19-15-20-12-14-13-21(10-11-22(14)15)16(23)24-18(4,5)6;/h14H,7-13H2,1-6H3,(H,19,20);1H. The van der Waals surface area contributed by atoms with E-state index in [-0.39, 0.29) is 36.1 Å². The van der Waals surface area contributed by atoms with Crippen LogP contribution in [0.5, 0.6) is 0 Å². The molecule has 0 aromatic heterocycles. The number of aliphatic imine (C=N–C) groups is 1. The summed E-state index contributed by atoms with van der Waals surface area (Å²) in [6, 6.07) is 0.274. The third-order valence-corrected chi connectivity index (χ3v) is 4.24. The molecule has 2 rings (SSSR count). The molecule has 0 spiro atoms. The van der Waals surface area contributed by atoms with Crippen LogP contribution in [0.15, 0.2) is 4.99 Å². The number of ether oxygens (including phenoxy) is 1. The fourth-order valence-electron chi connectivity index (χ4n) is 3.04. The Morgan fingerprint density at radius 3 is 2.52 bits per heavy atom. The van der Waals surface area contributed by atoms with Gasteiger partial charge < -0.3 is 19.9 Å². The summed E-state index contributed by atoms with van der Waals surface area (Å²) in [6.45, 7) is 16.4. The highest BCUT2D eigenvalue weighted by atomic mass is 127. The minimum absolute atomic E-state index is 0. The number of guanidine groups is 1. The van der Waals surface area contributed by atoms with Gasteiger partial charge in [-0.1, -0.05) is 20.8 Å². The first-order valence-corrected chi connectivity index (χ1v) is 9.08. The van der Waals surface area contributed by atoms with E-state index in [4.69, 9.17) is 4.74 Å². The number of nitrogens with zero attached hydrogens (tertiary/aromatic N) is 3. The fraction of sp³-hybridized carbons (Fsp3) is 0.889. The molecule has 0 aromatic carbocycles. The number of rotatable bonds is 3. The van der Waals surface area contributed by atoms with Gasteiger partial charge in [-0.3, -0.25) is 4.99 Å². The highest BCUT2D eigenvalue weighted by Gasteiger charge is 2.36. The van der Waals surface area contributed by atoms with E-state index in [9.17, 15) is 4.79 Å². The first-order valence-electron chi connectivity index (χ1n) is 9.08. The number of hydrogen-bond acceptors (Lipinski definition) is 5. The van der Waals surface area contributed by atoms with Gasteiger partial charge in [0.25, 0.3) is 0 Å². The molecule has 0 aromatic rings. The minimum Gasteiger partial charge on any atom is -0.444 e. The molecule has 0 radical (unpaired) electrons. The van der Waals surface area contributed by atoms with Crippen LogP contribution >= 0.6 is 24.0 Å². The average molecular weight is 466 g/mol. The van der Waals surface area contributed by atoms with Crippen molar-refractivity contribution < 1.29 is 9.53 Å².